The molecule has 0 aliphatic rings. The second kappa shape index (κ2) is 4.76. The van der Waals surface area contributed by atoms with Crippen LogP contribution in [0.15, 0.2) is 33.3 Å². The Bertz CT molecular complexity index is 481. The van der Waals surface area contributed by atoms with Crippen molar-refractivity contribution < 1.29 is 0 Å². The lowest BCUT2D eigenvalue weighted by atomic mass is 10.3. The summed E-state index contributed by atoms with van der Waals surface area (Å²) in [6.45, 7) is 0. The summed E-state index contributed by atoms with van der Waals surface area (Å²) in [7, 11) is 0. The van der Waals surface area contributed by atoms with E-state index in [9.17, 15) is 0 Å². The topological polar surface area (TPSA) is 30.7 Å². The van der Waals surface area contributed by atoms with Gasteiger partial charge in [0, 0.05) is 14.3 Å². The van der Waals surface area contributed by atoms with Crippen molar-refractivity contribution in [2.45, 2.75) is 5.33 Å². The van der Waals surface area contributed by atoms with Crippen LogP contribution in [0, 0.1) is 0 Å². The van der Waals surface area contributed by atoms with Gasteiger partial charge in [-0.15, -0.1) is 5.10 Å². The van der Waals surface area contributed by atoms with Crippen molar-refractivity contribution >= 4 is 47.8 Å². The Morgan fingerprint density at radius 3 is 2.73 bits per heavy atom. The van der Waals surface area contributed by atoms with Gasteiger partial charge in [0.15, 0.2) is 0 Å². The van der Waals surface area contributed by atoms with Gasteiger partial charge in [0.05, 0.1) is 17.6 Å². The van der Waals surface area contributed by atoms with Crippen LogP contribution in [0.25, 0.3) is 5.69 Å². The van der Waals surface area contributed by atoms with Crippen LogP contribution in [0.5, 0.6) is 0 Å². The Labute approximate surface area is 112 Å². The largest absolute Gasteiger partial charge is 0.216 e. The average Bonchev–Trinajstić information content (AvgIpc) is 2.65. The lowest BCUT2D eigenvalue weighted by Gasteiger charge is -2.06. The molecule has 0 aliphatic heterocycles. The molecule has 0 saturated heterocycles. The molecule has 0 radical (unpaired) electrons. The maximum atomic E-state index is 4.04. The molecule has 1 aromatic carbocycles. The van der Waals surface area contributed by atoms with Crippen LogP contribution in [-0.4, -0.2) is 15.0 Å². The van der Waals surface area contributed by atoms with Crippen molar-refractivity contribution in [2.75, 3.05) is 0 Å². The summed E-state index contributed by atoms with van der Waals surface area (Å²) in [5.41, 5.74) is 1.99. The Balaban J connectivity index is 2.54. The van der Waals surface area contributed by atoms with Crippen LogP contribution in [0.1, 0.15) is 5.69 Å². The van der Waals surface area contributed by atoms with Crippen molar-refractivity contribution in [1.29, 1.82) is 0 Å². The molecule has 0 fully saturated rings. The summed E-state index contributed by atoms with van der Waals surface area (Å²) in [4.78, 5) is 0. The predicted molar refractivity (Wildman–Crippen MR) is 69.4 cm³/mol. The van der Waals surface area contributed by atoms with Crippen LogP contribution in [0.2, 0.25) is 0 Å². The van der Waals surface area contributed by atoms with Crippen LogP contribution >= 0.6 is 47.8 Å². The van der Waals surface area contributed by atoms with E-state index in [1.165, 1.54) is 0 Å². The summed E-state index contributed by atoms with van der Waals surface area (Å²) >= 11 is 10.3. The van der Waals surface area contributed by atoms with Gasteiger partial charge in [-0.1, -0.05) is 37.1 Å². The second-order valence-electron chi connectivity index (χ2n) is 2.87. The second-order valence-corrected chi connectivity index (χ2v) is 5.20. The minimum Gasteiger partial charge on any atom is -0.216 e. The number of aromatic nitrogens is 3. The van der Waals surface area contributed by atoms with E-state index >= 15 is 0 Å². The quantitative estimate of drug-likeness (QED) is 0.726. The first kappa shape index (κ1) is 11.3. The Kier molecular flexibility index (Phi) is 3.58. The third kappa shape index (κ3) is 2.32. The Morgan fingerprint density at radius 2 is 2.07 bits per heavy atom. The van der Waals surface area contributed by atoms with Crippen molar-refractivity contribution in [1.82, 2.24) is 15.0 Å². The van der Waals surface area contributed by atoms with Gasteiger partial charge in [-0.25, -0.2) is 4.68 Å². The summed E-state index contributed by atoms with van der Waals surface area (Å²) in [5.74, 6) is 0. The molecule has 1 heterocycles. The third-order valence-electron chi connectivity index (χ3n) is 1.89. The number of alkyl halides is 1. The fraction of sp³-hybridized carbons (Fsp3) is 0.111. The molecule has 0 N–H and O–H groups in total. The molecule has 0 unspecified atom stereocenters. The van der Waals surface area contributed by atoms with Crippen LogP contribution < -0.4 is 0 Å². The van der Waals surface area contributed by atoms with Crippen molar-refractivity contribution in [3.8, 4) is 5.69 Å². The zero-order valence-corrected chi connectivity index (χ0v) is 12.3. The van der Waals surface area contributed by atoms with E-state index in [0.29, 0.717) is 0 Å². The molecule has 78 valence electrons. The maximum absolute atomic E-state index is 4.04. The molecule has 0 bridgehead atoms. The molecule has 0 spiro atoms. The average molecular weight is 396 g/mol. The third-order valence-corrected chi connectivity index (χ3v) is 3.60. The van der Waals surface area contributed by atoms with Gasteiger partial charge in [0.25, 0.3) is 0 Å². The summed E-state index contributed by atoms with van der Waals surface area (Å²) in [5, 5.41) is 8.65. The first-order chi connectivity index (χ1) is 7.22. The van der Waals surface area contributed by atoms with Crippen LogP contribution in [0.4, 0.5) is 0 Å². The number of rotatable bonds is 2. The zero-order valence-electron chi connectivity index (χ0n) is 7.49. The maximum Gasteiger partial charge on any atom is 0.0809 e. The Hall–Kier alpha value is -0.200. The standard InChI is InChI=1S/C9H6Br3N3/c10-4-7-5-13-14-15(7)9-2-1-6(11)3-8(9)12/h1-3,5H,4H2. The molecule has 0 atom stereocenters. The fourth-order valence-electron chi connectivity index (χ4n) is 1.20. The number of benzene rings is 1. The monoisotopic (exact) mass is 393 g/mol. The molecule has 15 heavy (non-hydrogen) atoms. The molecule has 2 rings (SSSR count). The van der Waals surface area contributed by atoms with Crippen LogP contribution in [-0.2, 0) is 5.33 Å². The minimum absolute atomic E-state index is 0.725. The first-order valence-electron chi connectivity index (χ1n) is 4.13. The van der Waals surface area contributed by atoms with E-state index < -0.39 is 0 Å². The highest BCUT2D eigenvalue weighted by atomic mass is 79.9. The Morgan fingerprint density at radius 1 is 1.27 bits per heavy atom. The van der Waals surface area contributed by atoms with Crippen molar-refractivity contribution in [2.24, 2.45) is 0 Å². The van der Waals surface area contributed by atoms with Gasteiger partial charge in [0.2, 0.25) is 0 Å². The van der Waals surface area contributed by atoms with E-state index in [-0.39, 0.29) is 0 Å². The van der Waals surface area contributed by atoms with Crippen molar-refractivity contribution in [3.63, 3.8) is 0 Å². The highest BCUT2D eigenvalue weighted by Crippen LogP contribution is 2.25. The molecule has 3 nitrogen and oxygen atoms in total. The van der Waals surface area contributed by atoms with E-state index in [1.54, 1.807) is 10.9 Å². The molecule has 0 saturated carbocycles. The summed E-state index contributed by atoms with van der Waals surface area (Å²) < 4.78 is 3.80. The first-order valence-corrected chi connectivity index (χ1v) is 6.84. The molecule has 2 aromatic rings. The highest BCUT2D eigenvalue weighted by Gasteiger charge is 2.08. The fourth-order valence-corrected chi connectivity index (χ4v) is 2.80. The van der Waals surface area contributed by atoms with Crippen molar-refractivity contribution in [3.05, 3.63) is 39.0 Å². The normalized spacial score (nSPS) is 10.6. The van der Waals surface area contributed by atoms with Crippen LogP contribution in [0.3, 0.4) is 0 Å². The molecular weight excluding hydrogens is 390 g/mol. The SMILES string of the molecule is BrCc1cnnn1-c1ccc(Br)cc1Br. The molecule has 1 aromatic heterocycles. The predicted octanol–water partition coefficient (Wildman–Crippen LogP) is 3.69. The lowest BCUT2D eigenvalue weighted by molar-refractivity contribution is 0.780. The number of nitrogens with zero attached hydrogens (tertiary/aromatic N) is 3. The number of hydrogen-bond donors (Lipinski definition) is 0. The van der Waals surface area contributed by atoms with Gasteiger partial charge in [-0.3, -0.25) is 0 Å². The van der Waals surface area contributed by atoms with E-state index in [1.807, 2.05) is 18.2 Å². The minimum atomic E-state index is 0.725. The smallest absolute Gasteiger partial charge is 0.0809 e. The van der Waals surface area contributed by atoms with E-state index in [0.717, 1.165) is 25.7 Å². The van der Waals surface area contributed by atoms with E-state index in [2.05, 4.69) is 58.1 Å². The number of hydrogen-bond acceptors (Lipinski definition) is 2. The van der Waals surface area contributed by atoms with Gasteiger partial charge in [0.1, 0.15) is 0 Å². The summed E-state index contributed by atoms with van der Waals surface area (Å²) in [6.07, 6.45) is 1.74. The molecule has 6 heteroatoms. The highest BCUT2D eigenvalue weighted by molar-refractivity contribution is 9.11. The zero-order chi connectivity index (χ0) is 10.8. The number of halogens is 3. The summed E-state index contributed by atoms with van der Waals surface area (Å²) in [6, 6.07) is 5.93. The van der Waals surface area contributed by atoms with Gasteiger partial charge < -0.3 is 0 Å². The van der Waals surface area contributed by atoms with Gasteiger partial charge >= 0.3 is 0 Å². The van der Waals surface area contributed by atoms with E-state index in [4.69, 9.17) is 0 Å². The van der Waals surface area contributed by atoms with Gasteiger partial charge in [-0.05, 0) is 34.1 Å². The molecular formula is C9H6Br3N3. The van der Waals surface area contributed by atoms with Gasteiger partial charge in [-0.2, -0.15) is 0 Å². The molecule has 0 amide bonds. The molecule has 0 aliphatic carbocycles. The lowest BCUT2D eigenvalue weighted by Crippen LogP contribution is -2.01.